The van der Waals surface area contributed by atoms with Crippen molar-refractivity contribution in [1.29, 1.82) is 0 Å². The molecule has 0 fully saturated rings. The number of amidine groups is 1. The van der Waals surface area contributed by atoms with Gasteiger partial charge in [0, 0.05) is 43.1 Å². The van der Waals surface area contributed by atoms with Gasteiger partial charge in [0.25, 0.3) is 0 Å². The summed E-state index contributed by atoms with van der Waals surface area (Å²) < 4.78 is 4.99. The first-order valence-corrected chi connectivity index (χ1v) is 19.2. The van der Waals surface area contributed by atoms with Gasteiger partial charge in [0.05, 0.1) is 27.1 Å². The van der Waals surface area contributed by atoms with E-state index in [1.807, 2.05) is 24.3 Å². The fraction of sp³-hybridized carbons (Fsp3) is 0.0400. The van der Waals surface area contributed by atoms with E-state index < -0.39 is 0 Å². The fourth-order valence-corrected chi connectivity index (χ4v) is 9.01. The average molecular weight is 710 g/mol. The lowest BCUT2D eigenvalue weighted by molar-refractivity contribution is 1.20. The Labute approximate surface area is 317 Å². The van der Waals surface area contributed by atoms with E-state index >= 15 is 0 Å². The van der Waals surface area contributed by atoms with Gasteiger partial charge in [-0.3, -0.25) is 0 Å². The Bertz CT molecular complexity index is 3180. The van der Waals surface area contributed by atoms with Crippen LogP contribution >= 0.6 is 11.3 Å². The maximum atomic E-state index is 5.37. The van der Waals surface area contributed by atoms with Crippen LogP contribution < -0.4 is 0 Å². The number of fused-ring (bicyclic) bond motifs is 8. The van der Waals surface area contributed by atoms with Gasteiger partial charge in [0.15, 0.2) is 5.84 Å². The summed E-state index contributed by atoms with van der Waals surface area (Å²) in [6.07, 6.45) is 2.07. The first kappa shape index (κ1) is 32.1. The Hall–Kier alpha value is -6.62. The highest BCUT2D eigenvalue weighted by atomic mass is 32.1. The molecule has 256 valence electrons. The number of para-hydroxylation sites is 1. The zero-order valence-electron chi connectivity index (χ0n) is 30.0. The summed E-state index contributed by atoms with van der Waals surface area (Å²) in [4.78, 5) is 10.7. The minimum atomic E-state index is 0.675. The number of aromatic nitrogens is 1. The second-order valence-corrected chi connectivity index (χ2v) is 14.8. The number of rotatable bonds is 5. The minimum absolute atomic E-state index is 0.675. The third-order valence-electron chi connectivity index (χ3n) is 10.5. The van der Waals surface area contributed by atoms with Crippen LogP contribution in [0.25, 0.3) is 74.9 Å². The van der Waals surface area contributed by atoms with Crippen LogP contribution in [-0.2, 0) is 0 Å². The lowest BCUT2D eigenvalue weighted by atomic mass is 10.0. The van der Waals surface area contributed by atoms with Crippen molar-refractivity contribution in [3.8, 4) is 5.69 Å². The van der Waals surface area contributed by atoms with E-state index in [9.17, 15) is 0 Å². The smallest absolute Gasteiger partial charge is 0.160 e. The Kier molecular flexibility index (Phi) is 7.78. The molecule has 0 amide bonds. The molecule has 0 unspecified atom stereocenters. The van der Waals surface area contributed by atoms with E-state index in [1.54, 1.807) is 0 Å². The summed E-state index contributed by atoms with van der Waals surface area (Å²) in [5, 5.41) is 9.85. The van der Waals surface area contributed by atoms with Crippen LogP contribution in [0.2, 0.25) is 0 Å². The Balaban J connectivity index is 1.21. The first-order chi connectivity index (χ1) is 26.6. The predicted molar refractivity (Wildman–Crippen MR) is 234 cm³/mol. The lowest BCUT2D eigenvalue weighted by Gasteiger charge is -2.13. The lowest BCUT2D eigenvalue weighted by Crippen LogP contribution is -2.05. The van der Waals surface area contributed by atoms with Gasteiger partial charge >= 0.3 is 0 Å². The van der Waals surface area contributed by atoms with E-state index in [0.29, 0.717) is 5.84 Å². The van der Waals surface area contributed by atoms with E-state index in [1.165, 1.54) is 63.5 Å². The summed E-state index contributed by atoms with van der Waals surface area (Å²) in [6, 6.07) is 60.8. The summed E-state index contributed by atoms with van der Waals surface area (Å²) in [6.45, 7) is 4.16. The second-order valence-electron chi connectivity index (χ2n) is 13.8. The monoisotopic (exact) mass is 709 g/mol. The van der Waals surface area contributed by atoms with Crippen molar-refractivity contribution in [3.63, 3.8) is 0 Å². The molecule has 3 nitrogen and oxygen atoms in total. The number of aliphatic imine (C=N–C) groups is 2. The van der Waals surface area contributed by atoms with Gasteiger partial charge in [0.2, 0.25) is 0 Å². The molecular formula is C50H35N3S. The van der Waals surface area contributed by atoms with Gasteiger partial charge in [-0.05, 0) is 83.4 Å². The molecule has 2 heterocycles. The molecule has 54 heavy (non-hydrogen) atoms. The summed E-state index contributed by atoms with van der Waals surface area (Å²) in [5.74, 6) is 0.675. The van der Waals surface area contributed by atoms with Crippen LogP contribution in [0.1, 0.15) is 30.5 Å². The molecule has 0 N–H and O–H groups in total. The van der Waals surface area contributed by atoms with Crippen LogP contribution in [-0.4, -0.2) is 16.1 Å². The summed E-state index contributed by atoms with van der Waals surface area (Å²) in [5.41, 5.74) is 8.41. The molecule has 2 aromatic heterocycles. The van der Waals surface area contributed by atoms with Gasteiger partial charge in [-0.25, -0.2) is 9.98 Å². The van der Waals surface area contributed by atoms with Crippen molar-refractivity contribution in [2.75, 3.05) is 0 Å². The van der Waals surface area contributed by atoms with Gasteiger partial charge in [-0.15, -0.1) is 11.3 Å². The highest BCUT2D eigenvalue weighted by Gasteiger charge is 2.19. The molecule has 10 rings (SSSR count). The molecule has 0 aliphatic rings. The van der Waals surface area contributed by atoms with Crippen molar-refractivity contribution in [3.05, 3.63) is 193 Å². The number of benzene rings is 8. The number of hydrogen-bond acceptors (Lipinski definition) is 2. The third kappa shape index (κ3) is 5.42. The second kappa shape index (κ2) is 13.1. The molecule has 0 aliphatic heterocycles. The van der Waals surface area contributed by atoms with Gasteiger partial charge in [-0.2, -0.15) is 0 Å². The van der Waals surface area contributed by atoms with Crippen LogP contribution in [0, 0.1) is 0 Å². The van der Waals surface area contributed by atoms with Gasteiger partial charge in [0.1, 0.15) is 0 Å². The summed E-state index contributed by atoms with van der Waals surface area (Å²) in [7, 11) is 0. The largest absolute Gasteiger partial charge is 0.308 e. The van der Waals surface area contributed by atoms with Crippen molar-refractivity contribution in [2.45, 2.75) is 13.8 Å². The molecule has 0 radical (unpaired) electrons. The maximum absolute atomic E-state index is 5.37. The number of allylic oxidation sites excluding steroid dienone is 1. The third-order valence-corrected chi connectivity index (χ3v) is 11.7. The molecule has 4 heteroatoms. The molecule has 10 aromatic rings. The normalized spacial score (nSPS) is 13.0. The molecule has 0 aliphatic carbocycles. The Morgan fingerprint density at radius 1 is 0.500 bits per heavy atom. The number of nitrogens with zero attached hydrogens (tertiary/aromatic N) is 3. The molecule has 0 atom stereocenters. The minimum Gasteiger partial charge on any atom is -0.308 e. The first-order valence-electron chi connectivity index (χ1n) is 18.4. The molecular weight excluding hydrogens is 675 g/mol. The quantitative estimate of drug-likeness (QED) is 0.126. The van der Waals surface area contributed by atoms with Crippen molar-refractivity contribution < 1.29 is 0 Å². The molecule has 8 aromatic carbocycles. The SMILES string of the molecule is C\C=C(/N=C(\N=C(/C)c1cc(-n2c3ccccc3c3cc4ccccc4cc32)c2sc3ccccc3c2c1)c1ccccc1)c1ccc2ccccc2c1. The Morgan fingerprint density at radius 3 is 1.96 bits per heavy atom. The zero-order chi connectivity index (χ0) is 36.2. The molecule has 0 saturated carbocycles. The number of hydrogen-bond donors (Lipinski definition) is 0. The van der Waals surface area contributed by atoms with E-state index in [0.717, 1.165) is 33.8 Å². The van der Waals surface area contributed by atoms with Crippen LogP contribution in [0.3, 0.4) is 0 Å². The van der Waals surface area contributed by atoms with Crippen molar-refractivity contribution >= 4 is 92.1 Å². The predicted octanol–water partition coefficient (Wildman–Crippen LogP) is 13.8. The highest BCUT2D eigenvalue weighted by molar-refractivity contribution is 7.26. The van der Waals surface area contributed by atoms with E-state index in [-0.39, 0.29) is 0 Å². The van der Waals surface area contributed by atoms with Crippen LogP contribution in [0.5, 0.6) is 0 Å². The van der Waals surface area contributed by atoms with Crippen LogP contribution in [0.4, 0.5) is 0 Å². The molecule has 0 saturated heterocycles. The van der Waals surface area contributed by atoms with Crippen molar-refractivity contribution in [1.82, 2.24) is 4.57 Å². The Morgan fingerprint density at radius 2 is 1.17 bits per heavy atom. The average Bonchev–Trinajstić information content (AvgIpc) is 3.76. The topological polar surface area (TPSA) is 29.6 Å². The standard InChI is InChI=1S/C50H35N3S/c1-3-44(38-26-25-33-15-7-8-18-35(33)27-38)52-50(34-16-5-4-6-17-34)51-32(2)39-29-43-41-22-12-14-24-48(41)54-49(43)47(31-39)53-45-23-13-11-21-40(45)42-28-36-19-9-10-20-37(36)30-46(42)53/h3-31H,1-2H3/b44-3-,51-32+,52-50-. The zero-order valence-corrected chi connectivity index (χ0v) is 30.8. The molecule has 0 spiro atoms. The highest BCUT2D eigenvalue weighted by Crippen LogP contribution is 2.42. The van der Waals surface area contributed by atoms with E-state index in [4.69, 9.17) is 9.98 Å². The van der Waals surface area contributed by atoms with Crippen LogP contribution in [0.15, 0.2) is 186 Å². The van der Waals surface area contributed by atoms with Gasteiger partial charge < -0.3 is 4.57 Å². The maximum Gasteiger partial charge on any atom is 0.160 e. The summed E-state index contributed by atoms with van der Waals surface area (Å²) >= 11 is 1.86. The van der Waals surface area contributed by atoms with Gasteiger partial charge in [-0.1, -0.05) is 133 Å². The molecule has 0 bridgehead atoms. The fourth-order valence-electron chi connectivity index (χ4n) is 7.82. The van der Waals surface area contributed by atoms with E-state index in [2.05, 4.69) is 181 Å². The number of thiophene rings is 1. The van der Waals surface area contributed by atoms with Crippen molar-refractivity contribution in [2.24, 2.45) is 9.98 Å².